The SMILES string of the molecule is Cc1csc(=O)n1CC(=O)Nc1ccc(F)c(C(F)(F)F)c1. The van der Waals surface area contributed by atoms with E-state index >= 15 is 0 Å². The number of hydrogen-bond donors (Lipinski definition) is 1. The number of aryl methyl sites for hydroxylation is 1. The molecule has 1 heterocycles. The molecule has 1 amide bonds. The minimum Gasteiger partial charge on any atom is -0.325 e. The summed E-state index contributed by atoms with van der Waals surface area (Å²) < 4.78 is 52.1. The summed E-state index contributed by atoms with van der Waals surface area (Å²) in [6, 6.07) is 2.16. The Labute approximate surface area is 126 Å². The first-order chi connectivity index (χ1) is 10.2. The van der Waals surface area contributed by atoms with Crippen molar-refractivity contribution in [3.8, 4) is 0 Å². The maximum Gasteiger partial charge on any atom is 0.419 e. The third kappa shape index (κ3) is 3.53. The fraction of sp³-hybridized carbons (Fsp3) is 0.231. The summed E-state index contributed by atoms with van der Waals surface area (Å²) in [5.74, 6) is -2.10. The van der Waals surface area contributed by atoms with Crippen molar-refractivity contribution in [3.05, 3.63) is 50.3 Å². The van der Waals surface area contributed by atoms with Gasteiger partial charge in [-0.3, -0.25) is 14.2 Å². The molecule has 0 spiro atoms. The van der Waals surface area contributed by atoms with Crippen LogP contribution in [0.25, 0.3) is 0 Å². The number of thiazole rings is 1. The molecule has 1 aromatic heterocycles. The maximum absolute atomic E-state index is 13.1. The van der Waals surface area contributed by atoms with Gasteiger partial charge in [0.25, 0.3) is 0 Å². The third-order valence-electron chi connectivity index (χ3n) is 2.83. The number of benzene rings is 1. The number of aromatic nitrogens is 1. The average Bonchev–Trinajstić information content (AvgIpc) is 2.71. The van der Waals surface area contributed by atoms with Gasteiger partial charge in [-0.1, -0.05) is 11.3 Å². The van der Waals surface area contributed by atoms with Crippen LogP contribution in [-0.4, -0.2) is 10.5 Å². The Bertz CT molecular complexity index is 764. The Morgan fingerprint density at radius 1 is 1.36 bits per heavy atom. The van der Waals surface area contributed by atoms with Gasteiger partial charge in [-0.05, 0) is 25.1 Å². The molecule has 9 heteroatoms. The van der Waals surface area contributed by atoms with Crippen molar-refractivity contribution in [2.45, 2.75) is 19.6 Å². The Balaban J connectivity index is 2.17. The van der Waals surface area contributed by atoms with Gasteiger partial charge in [0.15, 0.2) is 0 Å². The van der Waals surface area contributed by atoms with E-state index in [9.17, 15) is 27.2 Å². The molecule has 0 aliphatic heterocycles. The van der Waals surface area contributed by atoms with Crippen LogP contribution < -0.4 is 10.2 Å². The van der Waals surface area contributed by atoms with Crippen molar-refractivity contribution in [1.82, 2.24) is 4.57 Å². The molecule has 1 aromatic carbocycles. The summed E-state index contributed by atoms with van der Waals surface area (Å²) in [5, 5.41) is 3.78. The topological polar surface area (TPSA) is 51.1 Å². The van der Waals surface area contributed by atoms with Crippen molar-refractivity contribution in [1.29, 1.82) is 0 Å². The Kier molecular flexibility index (Phi) is 4.36. The number of carbonyl (C=O) groups excluding carboxylic acids is 1. The van der Waals surface area contributed by atoms with Crippen molar-refractivity contribution in [3.63, 3.8) is 0 Å². The predicted octanol–water partition coefficient (Wildman–Crippen LogP) is 3.01. The maximum atomic E-state index is 13.1. The quantitative estimate of drug-likeness (QED) is 0.877. The van der Waals surface area contributed by atoms with E-state index < -0.39 is 23.5 Å². The monoisotopic (exact) mass is 334 g/mol. The molecular formula is C13H10F4N2O2S. The van der Waals surface area contributed by atoms with Crippen molar-refractivity contribution in [2.75, 3.05) is 5.32 Å². The number of carbonyl (C=O) groups is 1. The van der Waals surface area contributed by atoms with Gasteiger partial charge in [-0.2, -0.15) is 13.2 Å². The van der Waals surface area contributed by atoms with Gasteiger partial charge in [0.1, 0.15) is 12.4 Å². The van der Waals surface area contributed by atoms with Gasteiger partial charge >= 0.3 is 11.0 Å². The predicted molar refractivity (Wildman–Crippen MR) is 73.3 cm³/mol. The van der Waals surface area contributed by atoms with Crippen LogP contribution in [0.5, 0.6) is 0 Å². The van der Waals surface area contributed by atoms with Gasteiger partial charge in [0.05, 0.1) is 5.56 Å². The first-order valence-corrected chi connectivity index (χ1v) is 6.88. The summed E-state index contributed by atoms with van der Waals surface area (Å²) in [6.45, 7) is 1.30. The summed E-state index contributed by atoms with van der Waals surface area (Å²) in [4.78, 5) is 22.9. The highest BCUT2D eigenvalue weighted by molar-refractivity contribution is 7.07. The standard InChI is InChI=1S/C13H10F4N2O2S/c1-7-6-22-12(21)19(7)5-11(20)18-8-2-3-10(14)9(4-8)13(15,16)17/h2-4,6H,5H2,1H3,(H,18,20). The van der Waals surface area contributed by atoms with Crippen molar-refractivity contribution >= 4 is 22.9 Å². The van der Waals surface area contributed by atoms with E-state index in [1.807, 2.05) is 0 Å². The summed E-state index contributed by atoms with van der Waals surface area (Å²) in [5.41, 5.74) is -1.09. The van der Waals surface area contributed by atoms with E-state index in [-0.39, 0.29) is 17.1 Å². The number of nitrogens with zero attached hydrogens (tertiary/aromatic N) is 1. The highest BCUT2D eigenvalue weighted by Gasteiger charge is 2.34. The highest BCUT2D eigenvalue weighted by Crippen LogP contribution is 2.32. The minimum absolute atomic E-state index is 0.195. The molecule has 0 atom stereocenters. The molecule has 22 heavy (non-hydrogen) atoms. The van der Waals surface area contributed by atoms with Crippen molar-refractivity contribution in [2.24, 2.45) is 0 Å². The number of anilines is 1. The third-order valence-corrected chi connectivity index (χ3v) is 3.71. The van der Waals surface area contributed by atoms with E-state index in [1.165, 1.54) is 4.57 Å². The first kappa shape index (κ1) is 16.2. The van der Waals surface area contributed by atoms with E-state index in [2.05, 4.69) is 5.32 Å². The molecule has 0 unspecified atom stereocenters. The molecule has 0 saturated carbocycles. The summed E-state index contributed by atoms with van der Waals surface area (Å²) >= 11 is 0.916. The molecule has 0 bridgehead atoms. The molecular weight excluding hydrogens is 324 g/mol. The molecule has 1 N–H and O–H groups in total. The fourth-order valence-electron chi connectivity index (χ4n) is 1.76. The largest absolute Gasteiger partial charge is 0.419 e. The number of halogens is 4. The second-order valence-electron chi connectivity index (χ2n) is 4.47. The normalized spacial score (nSPS) is 11.5. The Morgan fingerprint density at radius 3 is 2.59 bits per heavy atom. The Hall–Kier alpha value is -2.16. The van der Waals surface area contributed by atoms with Crippen LogP contribution in [0.2, 0.25) is 0 Å². The molecule has 0 radical (unpaired) electrons. The molecule has 2 rings (SSSR count). The van der Waals surface area contributed by atoms with Crippen LogP contribution >= 0.6 is 11.3 Å². The lowest BCUT2D eigenvalue weighted by molar-refractivity contribution is -0.140. The molecule has 2 aromatic rings. The fourth-order valence-corrected chi connectivity index (χ4v) is 2.49. The molecule has 118 valence electrons. The number of nitrogens with one attached hydrogen (secondary N) is 1. The van der Waals surface area contributed by atoms with Gasteiger partial charge in [-0.25, -0.2) is 4.39 Å². The number of alkyl halides is 3. The smallest absolute Gasteiger partial charge is 0.325 e. The van der Waals surface area contributed by atoms with Crippen LogP contribution in [0, 0.1) is 12.7 Å². The van der Waals surface area contributed by atoms with E-state index in [1.54, 1.807) is 12.3 Å². The molecule has 0 fully saturated rings. The van der Waals surface area contributed by atoms with Crippen LogP contribution in [-0.2, 0) is 17.5 Å². The molecule has 0 saturated heterocycles. The van der Waals surface area contributed by atoms with Crippen LogP contribution in [0.1, 0.15) is 11.3 Å². The van der Waals surface area contributed by atoms with Crippen LogP contribution in [0.3, 0.4) is 0 Å². The van der Waals surface area contributed by atoms with Gasteiger partial charge in [0, 0.05) is 16.8 Å². The molecule has 0 aliphatic carbocycles. The van der Waals surface area contributed by atoms with Crippen LogP contribution in [0.4, 0.5) is 23.2 Å². The van der Waals surface area contributed by atoms with Gasteiger partial charge < -0.3 is 5.32 Å². The number of hydrogen-bond acceptors (Lipinski definition) is 3. The second-order valence-corrected chi connectivity index (χ2v) is 5.29. The lowest BCUT2D eigenvalue weighted by Crippen LogP contribution is -2.25. The minimum atomic E-state index is -4.86. The Morgan fingerprint density at radius 2 is 2.05 bits per heavy atom. The summed E-state index contributed by atoms with van der Waals surface area (Å²) in [7, 11) is 0. The van der Waals surface area contributed by atoms with Crippen LogP contribution in [0.15, 0.2) is 28.4 Å². The number of rotatable bonds is 3. The zero-order valence-corrected chi connectivity index (χ0v) is 12.0. The van der Waals surface area contributed by atoms with E-state index in [0.29, 0.717) is 17.8 Å². The van der Waals surface area contributed by atoms with Crippen molar-refractivity contribution < 1.29 is 22.4 Å². The zero-order chi connectivity index (χ0) is 16.5. The first-order valence-electron chi connectivity index (χ1n) is 6.00. The summed E-state index contributed by atoms with van der Waals surface area (Å²) in [6.07, 6.45) is -4.86. The number of amides is 1. The second kappa shape index (κ2) is 5.91. The lowest BCUT2D eigenvalue weighted by atomic mass is 10.2. The molecule has 0 aliphatic rings. The molecule has 4 nitrogen and oxygen atoms in total. The average molecular weight is 334 g/mol. The van der Waals surface area contributed by atoms with Gasteiger partial charge in [-0.15, -0.1) is 0 Å². The van der Waals surface area contributed by atoms with E-state index in [0.717, 1.165) is 17.4 Å². The highest BCUT2D eigenvalue weighted by atomic mass is 32.1. The van der Waals surface area contributed by atoms with Gasteiger partial charge in [0.2, 0.25) is 5.91 Å². The lowest BCUT2D eigenvalue weighted by Gasteiger charge is -2.11. The zero-order valence-electron chi connectivity index (χ0n) is 11.2. The van der Waals surface area contributed by atoms with E-state index in [4.69, 9.17) is 0 Å².